The summed E-state index contributed by atoms with van der Waals surface area (Å²) >= 11 is 0. The Bertz CT molecular complexity index is 952. The molecule has 5 rings (SSSR count). The average molecular weight is 413 g/mol. The molecule has 160 valence electrons. The molecule has 2 aromatic heterocycles. The number of amides is 1. The van der Waals surface area contributed by atoms with E-state index in [0.717, 1.165) is 30.2 Å². The maximum Gasteiger partial charge on any atom is 0.260 e. The molecule has 0 saturated carbocycles. The standard InChI is InChI=1S/C23H29FN4O2/c1-17(2)15-28-18-5-3-10-25-20(18)27-11-4-6-19(27)23(28)7-12-26(16-23)21(29)22(24)8-13-30-14-9-22/h3-6,10-11,17H,7-9,12-16H2,1-2H3/t23-/m0/s1. The van der Waals surface area contributed by atoms with Crippen LogP contribution in [0.5, 0.6) is 0 Å². The van der Waals surface area contributed by atoms with Crippen LogP contribution in [0.15, 0.2) is 36.7 Å². The van der Waals surface area contributed by atoms with Gasteiger partial charge in [0.15, 0.2) is 11.5 Å². The number of nitrogens with zero attached hydrogens (tertiary/aromatic N) is 4. The van der Waals surface area contributed by atoms with Crippen LogP contribution in [-0.2, 0) is 15.1 Å². The zero-order valence-electron chi connectivity index (χ0n) is 17.7. The van der Waals surface area contributed by atoms with Gasteiger partial charge in [-0.05, 0) is 36.6 Å². The Kier molecular flexibility index (Phi) is 4.61. The van der Waals surface area contributed by atoms with Crippen LogP contribution in [-0.4, -0.2) is 58.9 Å². The summed E-state index contributed by atoms with van der Waals surface area (Å²) in [4.78, 5) is 22.0. The Labute approximate surface area is 176 Å². The van der Waals surface area contributed by atoms with E-state index in [9.17, 15) is 4.79 Å². The third-order valence-electron chi connectivity index (χ3n) is 6.78. The quantitative estimate of drug-likeness (QED) is 0.776. The third-order valence-corrected chi connectivity index (χ3v) is 6.78. The maximum atomic E-state index is 15.5. The Morgan fingerprint density at radius 1 is 1.23 bits per heavy atom. The highest BCUT2D eigenvalue weighted by molar-refractivity contribution is 5.86. The van der Waals surface area contributed by atoms with Gasteiger partial charge in [-0.25, -0.2) is 9.37 Å². The first-order chi connectivity index (χ1) is 14.4. The lowest BCUT2D eigenvalue weighted by molar-refractivity contribution is -0.149. The average Bonchev–Trinajstić information content (AvgIpc) is 3.40. The van der Waals surface area contributed by atoms with Gasteiger partial charge in [0.25, 0.3) is 5.91 Å². The lowest BCUT2D eigenvalue weighted by Crippen LogP contribution is -2.55. The number of anilines is 1. The molecule has 3 aliphatic rings. The van der Waals surface area contributed by atoms with E-state index in [-0.39, 0.29) is 24.3 Å². The normalized spacial score (nSPS) is 24.9. The van der Waals surface area contributed by atoms with Crippen molar-refractivity contribution in [1.82, 2.24) is 14.5 Å². The largest absolute Gasteiger partial charge is 0.381 e. The third kappa shape index (κ3) is 2.86. The first-order valence-electron chi connectivity index (χ1n) is 10.9. The number of hydrogen-bond donors (Lipinski definition) is 0. The van der Waals surface area contributed by atoms with Gasteiger partial charge in [0.05, 0.1) is 24.6 Å². The molecule has 1 atom stereocenters. The Hall–Kier alpha value is -2.41. The predicted molar refractivity (Wildman–Crippen MR) is 113 cm³/mol. The minimum absolute atomic E-state index is 0.147. The Morgan fingerprint density at radius 2 is 2.03 bits per heavy atom. The van der Waals surface area contributed by atoms with Gasteiger partial charge in [-0.2, -0.15) is 0 Å². The van der Waals surface area contributed by atoms with Gasteiger partial charge < -0.3 is 19.1 Å². The summed E-state index contributed by atoms with van der Waals surface area (Å²) in [5.74, 6) is 0.978. The second-order valence-corrected chi connectivity index (χ2v) is 9.20. The molecule has 0 N–H and O–H groups in total. The highest BCUT2D eigenvalue weighted by Gasteiger charge is 2.53. The molecular weight excluding hydrogens is 383 g/mol. The van der Waals surface area contributed by atoms with Crippen molar-refractivity contribution in [1.29, 1.82) is 0 Å². The summed E-state index contributed by atoms with van der Waals surface area (Å²) in [5, 5.41) is 0. The van der Waals surface area contributed by atoms with E-state index >= 15 is 4.39 Å². The van der Waals surface area contributed by atoms with Crippen molar-refractivity contribution in [3.8, 4) is 5.82 Å². The van der Waals surface area contributed by atoms with Crippen molar-refractivity contribution in [3.63, 3.8) is 0 Å². The van der Waals surface area contributed by atoms with Gasteiger partial charge in [0, 0.05) is 44.9 Å². The number of fused-ring (bicyclic) bond motifs is 4. The summed E-state index contributed by atoms with van der Waals surface area (Å²) in [5.41, 5.74) is 0.0267. The van der Waals surface area contributed by atoms with Crippen LogP contribution in [0.4, 0.5) is 10.1 Å². The highest BCUT2D eigenvalue weighted by atomic mass is 19.1. The topological polar surface area (TPSA) is 50.6 Å². The molecule has 7 heteroatoms. The van der Waals surface area contributed by atoms with Gasteiger partial charge in [-0.15, -0.1) is 0 Å². The molecule has 3 aliphatic heterocycles. The number of hydrogen-bond acceptors (Lipinski definition) is 4. The molecule has 0 aliphatic carbocycles. The molecule has 2 saturated heterocycles. The molecule has 30 heavy (non-hydrogen) atoms. The van der Waals surface area contributed by atoms with Gasteiger partial charge >= 0.3 is 0 Å². The molecule has 1 spiro atoms. The van der Waals surface area contributed by atoms with Crippen molar-refractivity contribution in [3.05, 3.63) is 42.4 Å². The van der Waals surface area contributed by atoms with Gasteiger partial charge in [-0.1, -0.05) is 13.8 Å². The summed E-state index contributed by atoms with van der Waals surface area (Å²) < 4.78 is 22.9. The number of pyridine rings is 1. The zero-order chi connectivity index (χ0) is 20.9. The van der Waals surface area contributed by atoms with Crippen LogP contribution in [0, 0.1) is 5.92 Å². The fraction of sp³-hybridized carbons (Fsp3) is 0.565. The van der Waals surface area contributed by atoms with Crippen molar-refractivity contribution < 1.29 is 13.9 Å². The highest BCUT2D eigenvalue weighted by Crippen LogP contribution is 2.48. The summed E-state index contributed by atoms with van der Waals surface area (Å²) in [6.07, 6.45) is 4.92. The second kappa shape index (κ2) is 7.08. The number of halogens is 1. The van der Waals surface area contributed by atoms with Gasteiger partial charge in [-0.3, -0.25) is 4.79 Å². The molecule has 6 nitrogen and oxygen atoms in total. The van der Waals surface area contributed by atoms with Crippen molar-refractivity contribution >= 4 is 11.6 Å². The van der Waals surface area contributed by atoms with Crippen molar-refractivity contribution in [2.45, 2.75) is 44.3 Å². The zero-order valence-corrected chi connectivity index (χ0v) is 17.7. The molecule has 2 aromatic rings. The lowest BCUT2D eigenvalue weighted by atomic mass is 9.88. The monoisotopic (exact) mass is 412 g/mol. The smallest absolute Gasteiger partial charge is 0.260 e. The minimum Gasteiger partial charge on any atom is -0.381 e. The summed E-state index contributed by atoms with van der Waals surface area (Å²) in [7, 11) is 0. The Balaban J connectivity index is 1.54. The van der Waals surface area contributed by atoms with E-state index in [2.05, 4.69) is 40.4 Å². The van der Waals surface area contributed by atoms with Crippen LogP contribution in [0.2, 0.25) is 0 Å². The van der Waals surface area contributed by atoms with Crippen LogP contribution >= 0.6 is 0 Å². The molecule has 0 aromatic carbocycles. The molecule has 1 amide bonds. The number of alkyl halides is 1. The van der Waals surface area contributed by atoms with Crippen LogP contribution in [0.1, 0.15) is 38.8 Å². The van der Waals surface area contributed by atoms with Crippen molar-refractivity contribution in [2.75, 3.05) is 37.7 Å². The van der Waals surface area contributed by atoms with Crippen LogP contribution in [0.25, 0.3) is 5.82 Å². The maximum absolute atomic E-state index is 15.5. The number of carbonyl (C=O) groups excluding carboxylic acids is 1. The fourth-order valence-electron chi connectivity index (χ4n) is 5.33. The molecule has 0 unspecified atom stereocenters. The Morgan fingerprint density at radius 3 is 2.80 bits per heavy atom. The van der Waals surface area contributed by atoms with E-state index in [1.807, 2.05) is 24.5 Å². The number of ether oxygens (including phenoxy) is 1. The summed E-state index contributed by atoms with van der Waals surface area (Å²) in [6.45, 7) is 6.91. The molecule has 2 fully saturated rings. The van der Waals surface area contributed by atoms with E-state index in [4.69, 9.17) is 4.74 Å². The fourth-order valence-corrected chi connectivity index (χ4v) is 5.33. The minimum atomic E-state index is -1.80. The first-order valence-corrected chi connectivity index (χ1v) is 10.9. The number of carbonyl (C=O) groups is 1. The molecule has 0 bridgehead atoms. The number of aromatic nitrogens is 2. The van der Waals surface area contributed by atoms with Crippen LogP contribution in [0.3, 0.4) is 0 Å². The number of rotatable bonds is 3. The molecule has 0 radical (unpaired) electrons. The second-order valence-electron chi connectivity index (χ2n) is 9.20. The van der Waals surface area contributed by atoms with E-state index in [1.54, 1.807) is 4.90 Å². The van der Waals surface area contributed by atoms with E-state index in [1.165, 1.54) is 0 Å². The van der Waals surface area contributed by atoms with E-state index in [0.29, 0.717) is 32.2 Å². The van der Waals surface area contributed by atoms with Crippen LogP contribution < -0.4 is 4.90 Å². The lowest BCUT2D eigenvalue weighted by Gasteiger charge is -2.48. The van der Waals surface area contributed by atoms with E-state index < -0.39 is 5.67 Å². The SMILES string of the molecule is CC(C)CN1c2cccnc2-n2cccc2[C@@]12CCN(C(=O)C1(F)CCOCC1)C2. The van der Waals surface area contributed by atoms with Gasteiger partial charge in [0.2, 0.25) is 0 Å². The number of likely N-dealkylation sites (tertiary alicyclic amines) is 1. The summed E-state index contributed by atoms with van der Waals surface area (Å²) in [6, 6.07) is 8.23. The molecule has 5 heterocycles. The molecular formula is C23H29FN4O2. The van der Waals surface area contributed by atoms with Crippen molar-refractivity contribution in [2.24, 2.45) is 5.92 Å². The first kappa shape index (κ1) is 19.5. The van der Waals surface area contributed by atoms with Gasteiger partial charge in [0.1, 0.15) is 5.54 Å². The predicted octanol–water partition coefficient (Wildman–Crippen LogP) is 3.29.